The Morgan fingerprint density at radius 3 is 2.48 bits per heavy atom. The number of hydrogen-bond acceptors (Lipinski definition) is 9. The number of esters is 2. The Labute approximate surface area is 152 Å². The minimum Gasteiger partial charge on any atom is -0.463 e. The molecule has 1 aliphatic rings. The summed E-state index contributed by atoms with van der Waals surface area (Å²) in [4.78, 5) is 56.2. The fourth-order valence-electron chi connectivity index (χ4n) is 2.17. The smallest absolute Gasteiger partial charge is 0.463 e. The van der Waals surface area contributed by atoms with Gasteiger partial charge in [0.25, 0.3) is 5.91 Å². The zero-order chi connectivity index (χ0) is 19.8. The van der Waals surface area contributed by atoms with E-state index in [0.717, 1.165) is 12.2 Å². The largest absolute Gasteiger partial charge is 0.519 e. The van der Waals surface area contributed by atoms with Gasteiger partial charge in [-0.1, -0.05) is 5.57 Å². The lowest BCUT2D eigenvalue weighted by molar-refractivity contribution is -0.141. The van der Waals surface area contributed by atoms with Crippen LogP contribution >= 0.6 is 0 Å². The summed E-state index contributed by atoms with van der Waals surface area (Å²) in [6.45, 7) is 1.23. The highest BCUT2D eigenvalue weighted by Crippen LogP contribution is 2.13. The van der Waals surface area contributed by atoms with Gasteiger partial charge in [0.15, 0.2) is 18.1 Å². The van der Waals surface area contributed by atoms with Gasteiger partial charge in [0, 0.05) is 24.6 Å². The molecule has 1 aromatic heterocycles. The molecule has 0 bridgehead atoms. The highest BCUT2D eigenvalue weighted by atomic mass is 16.6. The molecule has 2 heterocycles. The van der Waals surface area contributed by atoms with Gasteiger partial charge in [0.1, 0.15) is 0 Å². The Morgan fingerprint density at radius 1 is 1.15 bits per heavy atom. The third kappa shape index (κ3) is 6.77. The lowest BCUT2D eigenvalue weighted by Crippen LogP contribution is -2.32. The van der Waals surface area contributed by atoms with E-state index in [4.69, 9.17) is 9.47 Å². The summed E-state index contributed by atoms with van der Waals surface area (Å²) in [6.07, 6.45) is 4.13. The zero-order valence-corrected chi connectivity index (χ0v) is 14.4. The van der Waals surface area contributed by atoms with Crippen LogP contribution in [-0.2, 0) is 35.3 Å². The van der Waals surface area contributed by atoms with Crippen LogP contribution in [0.2, 0.25) is 0 Å². The first-order chi connectivity index (χ1) is 12.8. The summed E-state index contributed by atoms with van der Waals surface area (Å²) in [6, 6.07) is 0. The third-order valence-electron chi connectivity index (χ3n) is 3.41. The molecule has 0 spiro atoms. The van der Waals surface area contributed by atoms with Crippen molar-refractivity contribution >= 4 is 23.8 Å². The Balaban J connectivity index is 1.65. The monoisotopic (exact) mass is 379 g/mol. The van der Waals surface area contributed by atoms with Crippen molar-refractivity contribution < 1.29 is 37.5 Å². The van der Waals surface area contributed by atoms with E-state index in [-0.39, 0.29) is 37.1 Å². The van der Waals surface area contributed by atoms with E-state index >= 15 is 0 Å². The molecule has 10 heteroatoms. The van der Waals surface area contributed by atoms with E-state index in [1.165, 1.54) is 13.0 Å². The Kier molecular flexibility index (Phi) is 6.86. The fourth-order valence-corrected chi connectivity index (χ4v) is 2.17. The molecule has 0 fully saturated rings. The van der Waals surface area contributed by atoms with Gasteiger partial charge < -0.3 is 18.3 Å². The van der Waals surface area contributed by atoms with Crippen LogP contribution in [-0.4, -0.2) is 30.4 Å². The highest BCUT2D eigenvalue weighted by molar-refractivity contribution is 6.05. The predicted molar refractivity (Wildman–Crippen MR) is 87.0 cm³/mol. The SMILES string of the molecule is Cc1oc(=O)oc1COC(=O)/C=C/C(=O)OCCCC1=CC(=O)NC(=O)C1. The lowest BCUT2D eigenvalue weighted by Gasteiger charge is -2.12. The first-order valence-corrected chi connectivity index (χ1v) is 7.97. The number of carbonyl (C=O) groups excluding carboxylic acids is 4. The zero-order valence-electron chi connectivity index (χ0n) is 14.4. The average molecular weight is 379 g/mol. The van der Waals surface area contributed by atoms with Gasteiger partial charge in [0.05, 0.1) is 6.61 Å². The minimum absolute atomic E-state index is 0.0603. The van der Waals surface area contributed by atoms with Gasteiger partial charge >= 0.3 is 17.8 Å². The van der Waals surface area contributed by atoms with Crippen molar-refractivity contribution in [2.24, 2.45) is 0 Å². The van der Waals surface area contributed by atoms with Crippen molar-refractivity contribution in [2.75, 3.05) is 6.61 Å². The molecule has 1 aromatic rings. The summed E-state index contributed by atoms with van der Waals surface area (Å²) >= 11 is 0. The maximum absolute atomic E-state index is 11.5. The normalized spacial score (nSPS) is 14.0. The molecule has 0 saturated heterocycles. The lowest BCUT2D eigenvalue weighted by atomic mass is 10.0. The molecule has 27 heavy (non-hydrogen) atoms. The van der Waals surface area contributed by atoms with E-state index < -0.39 is 23.7 Å². The molecular formula is C17H17NO9. The van der Waals surface area contributed by atoms with Crippen LogP contribution < -0.4 is 11.1 Å². The molecule has 0 aromatic carbocycles. The van der Waals surface area contributed by atoms with E-state index in [9.17, 15) is 24.0 Å². The van der Waals surface area contributed by atoms with Gasteiger partial charge in [-0.05, 0) is 19.8 Å². The molecule has 0 radical (unpaired) electrons. The number of carbonyl (C=O) groups is 4. The molecule has 0 aliphatic carbocycles. The minimum atomic E-state index is -0.897. The van der Waals surface area contributed by atoms with Gasteiger partial charge in [-0.25, -0.2) is 14.4 Å². The van der Waals surface area contributed by atoms with Crippen LogP contribution in [0, 0.1) is 6.92 Å². The number of hydrogen-bond donors (Lipinski definition) is 1. The number of amides is 2. The van der Waals surface area contributed by atoms with Crippen LogP contribution in [0.4, 0.5) is 0 Å². The second kappa shape index (κ2) is 9.32. The molecule has 1 aliphatic heterocycles. The molecule has 0 saturated carbocycles. The van der Waals surface area contributed by atoms with Gasteiger partial charge in [-0.15, -0.1) is 0 Å². The molecule has 2 amide bonds. The van der Waals surface area contributed by atoms with Crippen molar-refractivity contribution in [3.05, 3.63) is 45.9 Å². The fraction of sp³-hybridized carbons (Fsp3) is 0.353. The summed E-state index contributed by atoms with van der Waals surface area (Å²) in [5.74, 6) is -3.01. The summed E-state index contributed by atoms with van der Waals surface area (Å²) in [5.41, 5.74) is 0.667. The third-order valence-corrected chi connectivity index (χ3v) is 3.41. The molecule has 0 unspecified atom stereocenters. The first kappa shape index (κ1) is 19.9. The van der Waals surface area contributed by atoms with Gasteiger partial charge in [-0.3, -0.25) is 14.9 Å². The van der Waals surface area contributed by atoms with Crippen molar-refractivity contribution in [2.45, 2.75) is 32.8 Å². The van der Waals surface area contributed by atoms with Crippen LogP contribution in [0.15, 0.2) is 37.4 Å². The Bertz CT molecular complexity index is 856. The summed E-state index contributed by atoms with van der Waals surface area (Å²) in [7, 11) is 0. The quantitative estimate of drug-likeness (QED) is 0.294. The highest BCUT2D eigenvalue weighted by Gasteiger charge is 2.16. The maximum atomic E-state index is 11.5. The second-order valence-corrected chi connectivity index (χ2v) is 5.54. The Hall–Kier alpha value is -3.43. The molecule has 10 nitrogen and oxygen atoms in total. The van der Waals surface area contributed by atoms with Crippen LogP contribution in [0.3, 0.4) is 0 Å². The van der Waals surface area contributed by atoms with E-state index in [1.807, 2.05) is 0 Å². The molecule has 0 atom stereocenters. The van der Waals surface area contributed by atoms with Crippen LogP contribution in [0.1, 0.15) is 30.8 Å². The van der Waals surface area contributed by atoms with Crippen molar-refractivity contribution in [3.63, 3.8) is 0 Å². The number of rotatable bonds is 8. The first-order valence-electron chi connectivity index (χ1n) is 7.97. The number of nitrogens with one attached hydrogen (secondary N) is 1. The molecular weight excluding hydrogens is 362 g/mol. The molecule has 2 rings (SSSR count). The van der Waals surface area contributed by atoms with Crippen molar-refractivity contribution in [3.8, 4) is 0 Å². The number of ether oxygens (including phenoxy) is 2. The number of aryl methyl sites for hydroxylation is 1. The average Bonchev–Trinajstić information content (AvgIpc) is 2.91. The van der Waals surface area contributed by atoms with Crippen LogP contribution in [0.25, 0.3) is 0 Å². The number of imide groups is 1. The standard InChI is InChI=1S/C17H17NO9/c1-10-12(27-17(23)26-10)9-25-16(22)5-4-15(21)24-6-2-3-11-7-13(19)18-14(20)8-11/h4-5,7H,2-3,6,8-9H2,1H3,(H,18,19,20)/b5-4+. The van der Waals surface area contributed by atoms with Gasteiger partial charge in [0.2, 0.25) is 5.91 Å². The van der Waals surface area contributed by atoms with Crippen molar-refractivity contribution in [1.29, 1.82) is 0 Å². The summed E-state index contributed by atoms with van der Waals surface area (Å²) < 4.78 is 19.0. The van der Waals surface area contributed by atoms with Crippen LogP contribution in [0.5, 0.6) is 0 Å². The molecule has 1 N–H and O–H groups in total. The van der Waals surface area contributed by atoms with Gasteiger partial charge in [-0.2, -0.15) is 0 Å². The Morgan fingerprint density at radius 2 is 1.85 bits per heavy atom. The summed E-state index contributed by atoms with van der Waals surface area (Å²) in [5, 5.41) is 2.15. The predicted octanol–water partition coefficient (Wildman–Crippen LogP) is 0.437. The van der Waals surface area contributed by atoms with E-state index in [0.29, 0.717) is 18.4 Å². The topological polar surface area (TPSA) is 142 Å². The second-order valence-electron chi connectivity index (χ2n) is 5.54. The maximum Gasteiger partial charge on any atom is 0.519 e. The van der Waals surface area contributed by atoms with E-state index in [2.05, 4.69) is 14.2 Å². The molecule has 144 valence electrons. The van der Waals surface area contributed by atoms with E-state index in [1.54, 1.807) is 0 Å². The van der Waals surface area contributed by atoms with Crippen molar-refractivity contribution in [1.82, 2.24) is 5.32 Å².